The Balaban J connectivity index is -0.0000000967. The maximum Gasteiger partial charge on any atom is 0.409 e. The van der Waals surface area contributed by atoms with E-state index in [0.29, 0.717) is 26.2 Å². The SMILES string of the molecule is CC.CC.CC.CC.CC.CC.CC.CC.COC(=O)N1CCC1.COC(=O)N1CCCC1.COC(=O)N1CCCCC1.[B]C.[B]C.[B]C.[B]C1CCCN(C(=O)OC)C1.[B]C1CCCN1C(=O)OC.[B]C1CCN(C(=O)OC)C1.[B]C1CCN(C(=O)OC)CC1.[B]C1CN(C(=O)OC)C1. The predicted octanol–water partition coefficient (Wildman–Crippen LogP) is 13.8. The number of carbonyl (C=O) groups is 8. The first kappa shape index (κ1) is 119. The summed E-state index contributed by atoms with van der Waals surface area (Å²) in [5.41, 5.74) is 0. The second kappa shape index (κ2) is 91.7. The summed E-state index contributed by atoms with van der Waals surface area (Å²) >= 11 is 0. The average Bonchev–Trinajstić information content (AvgIpc) is 1.28. The smallest absolute Gasteiger partial charge is 0.409 e. The van der Waals surface area contributed by atoms with Crippen molar-refractivity contribution in [2.75, 3.05) is 155 Å². The number of likely N-dealkylation sites (tertiary alicyclic amines) is 8. The van der Waals surface area contributed by atoms with Gasteiger partial charge in [0.2, 0.25) is 0 Å². The maximum atomic E-state index is 11.0. The molecule has 0 aromatic heterocycles. The molecule has 0 spiro atoms. The van der Waals surface area contributed by atoms with Crippen LogP contribution in [0.1, 0.15) is 194 Å². The lowest BCUT2D eigenvalue weighted by molar-refractivity contribution is 0.0986. The summed E-state index contributed by atoms with van der Waals surface area (Å²) in [6, 6.07) is 0. The first-order valence-electron chi connectivity index (χ1n) is 36.4. The Morgan fingerprint density at radius 3 is 0.700 bits per heavy atom. The standard InChI is InChI=1S/2C7H12BNO2.C7H13NO2.2C6H10BNO2.C6H11NO2.C5H8BNO2.C5H9NO2.8C2H6.3CH3B/c1-11-7(10)9-4-2-6(8)3-5-9;1-11-7(10)9-4-2-3-6(8)5-9;1-10-7(9)8-5-3-2-4-6-8;1-10-6(9)8-3-2-5(7)4-8;1-10-6(9)8-4-2-3-5(8)7;1-9-6(8)7-4-2-3-5-7;1-9-5(8)7-2-4(6)3-7;1-8-5(7)6-3-2-4-6;11*1-2/h2*6H,2-5H2,1H3;2-6H2,1H3;2*5H,2-4H2,1H3;2-5H2,1H3;4H,2-3H2,1H3;2-4H2,1H3;8*1-2H3;3*1H3. The molecule has 574 valence electrons. The van der Waals surface area contributed by atoms with Crippen LogP contribution >= 0.6 is 0 Å². The van der Waals surface area contributed by atoms with Gasteiger partial charge in [0.1, 0.15) is 0 Å². The fourth-order valence-electron chi connectivity index (χ4n) is 8.39. The Bertz CT molecular complexity index is 1770. The van der Waals surface area contributed by atoms with Gasteiger partial charge in [-0.05, 0) is 88.8 Å². The highest BCUT2D eigenvalue weighted by molar-refractivity contribution is 6.13. The molecule has 3 atom stereocenters. The molecular weight excluding hydrogens is 1270 g/mol. The molecule has 100 heavy (non-hydrogen) atoms. The zero-order valence-electron chi connectivity index (χ0n) is 68.4. The zero-order valence-corrected chi connectivity index (χ0v) is 68.4. The van der Waals surface area contributed by atoms with Crippen molar-refractivity contribution in [2.24, 2.45) is 0 Å². The van der Waals surface area contributed by atoms with Gasteiger partial charge in [0.05, 0.1) is 120 Å². The third-order valence-electron chi connectivity index (χ3n) is 13.2. The van der Waals surface area contributed by atoms with Gasteiger partial charge in [0.15, 0.2) is 0 Å². The second-order valence-electron chi connectivity index (χ2n) is 19.1. The van der Waals surface area contributed by atoms with Crippen LogP contribution in [0.25, 0.3) is 0 Å². The number of carbonyl (C=O) groups excluding carboxylic acids is 8. The van der Waals surface area contributed by atoms with Crippen LogP contribution in [0, 0.1) is 0 Å². The van der Waals surface area contributed by atoms with Crippen molar-refractivity contribution < 1.29 is 76.3 Å². The van der Waals surface area contributed by atoms with Gasteiger partial charge >= 0.3 is 48.7 Å². The lowest BCUT2D eigenvalue weighted by atomic mass is 9.80. The number of amides is 8. The normalized spacial score (nSPS) is 17.1. The fourth-order valence-corrected chi connectivity index (χ4v) is 8.39. The van der Waals surface area contributed by atoms with E-state index < -0.39 is 0 Å². The van der Waals surface area contributed by atoms with Crippen LogP contribution in [-0.4, -0.2) is 312 Å². The molecule has 0 aromatic rings. The van der Waals surface area contributed by atoms with Gasteiger partial charge < -0.3 is 77.1 Å². The molecule has 0 bridgehead atoms. The van der Waals surface area contributed by atoms with Gasteiger partial charge in [0.25, 0.3) is 0 Å². The summed E-state index contributed by atoms with van der Waals surface area (Å²) in [6.45, 7) is 47.9. The molecule has 8 saturated heterocycles. The predicted molar refractivity (Wildman–Crippen MR) is 420 cm³/mol. The van der Waals surface area contributed by atoms with Crippen molar-refractivity contribution in [3.63, 3.8) is 0 Å². The van der Waals surface area contributed by atoms with Crippen molar-refractivity contribution >= 4 is 112 Å². The Labute approximate surface area is 623 Å². The van der Waals surface area contributed by atoms with Crippen LogP contribution in [0.15, 0.2) is 0 Å². The van der Waals surface area contributed by atoms with Crippen LogP contribution in [0.2, 0.25) is 43.7 Å². The highest BCUT2D eigenvalue weighted by Gasteiger charge is 2.28. The molecule has 3 unspecified atom stereocenters. The van der Waals surface area contributed by atoms with E-state index in [0.717, 1.165) is 149 Å². The summed E-state index contributed by atoms with van der Waals surface area (Å²) in [5, 5.41) is 0. The van der Waals surface area contributed by atoms with Crippen molar-refractivity contribution in [2.45, 2.75) is 244 Å². The second-order valence-corrected chi connectivity index (χ2v) is 19.1. The van der Waals surface area contributed by atoms with E-state index in [9.17, 15) is 38.4 Å². The minimum atomic E-state index is -0.315. The van der Waals surface area contributed by atoms with Crippen molar-refractivity contribution in [3.8, 4) is 0 Å². The number of ether oxygens (including phenoxy) is 8. The van der Waals surface area contributed by atoms with E-state index in [-0.39, 0.29) is 78.0 Å². The lowest BCUT2D eigenvalue weighted by Gasteiger charge is -2.35. The molecule has 24 nitrogen and oxygen atoms in total. The van der Waals surface area contributed by atoms with Crippen molar-refractivity contribution in [3.05, 3.63) is 0 Å². The minimum absolute atomic E-state index is 0.128. The molecule has 0 aliphatic carbocycles. The van der Waals surface area contributed by atoms with E-state index >= 15 is 0 Å². The van der Waals surface area contributed by atoms with Gasteiger partial charge in [0, 0.05) is 98.2 Å². The Kier molecular flexibility index (Phi) is 109. The average molecular weight is 1410 g/mol. The molecule has 8 amide bonds. The Hall–Kier alpha value is -5.32. The van der Waals surface area contributed by atoms with Gasteiger partial charge in [-0.25, -0.2) is 38.4 Å². The minimum Gasteiger partial charge on any atom is -0.453 e. The summed E-state index contributed by atoms with van der Waals surface area (Å²) in [5.74, 6) is 0.550. The Morgan fingerprint density at radius 1 is 0.230 bits per heavy atom. The number of piperidine rings is 3. The molecule has 0 aromatic carbocycles. The topological polar surface area (TPSA) is 236 Å². The number of hydrogen-bond acceptors (Lipinski definition) is 16. The summed E-state index contributed by atoms with van der Waals surface area (Å²) in [6.07, 6.45) is 11.4. The lowest BCUT2D eigenvalue weighted by Crippen LogP contribution is -2.46. The molecule has 16 radical (unpaired) electrons. The molecular formula is C68H142B8N8O16. The van der Waals surface area contributed by atoms with Gasteiger partial charge in [-0.15, -0.1) is 0 Å². The molecule has 8 fully saturated rings. The fraction of sp³-hybridized carbons (Fsp3) is 0.882. The number of hydrogen-bond donors (Lipinski definition) is 0. The number of methoxy groups -OCH3 is 8. The highest BCUT2D eigenvalue weighted by Crippen LogP contribution is 2.21. The molecule has 8 aliphatic heterocycles. The van der Waals surface area contributed by atoms with E-state index in [4.69, 9.17) is 39.2 Å². The third-order valence-corrected chi connectivity index (χ3v) is 13.2. The highest BCUT2D eigenvalue weighted by atomic mass is 16.6. The third kappa shape index (κ3) is 63.6. The van der Waals surface area contributed by atoms with Gasteiger partial charge in [-0.1, -0.05) is 155 Å². The van der Waals surface area contributed by atoms with Crippen molar-refractivity contribution in [1.82, 2.24) is 39.2 Å². The van der Waals surface area contributed by atoms with Crippen molar-refractivity contribution in [1.29, 1.82) is 0 Å². The molecule has 8 heterocycles. The van der Waals surface area contributed by atoms with Gasteiger partial charge in [-0.3, -0.25) is 0 Å². The summed E-state index contributed by atoms with van der Waals surface area (Å²) in [7, 11) is 52.5. The summed E-state index contributed by atoms with van der Waals surface area (Å²) in [4.78, 5) is 99.4. The van der Waals surface area contributed by atoms with Crippen LogP contribution in [0.4, 0.5) is 38.4 Å². The maximum absolute atomic E-state index is 11.0. The van der Waals surface area contributed by atoms with Crippen LogP contribution in [0.5, 0.6) is 0 Å². The molecule has 32 heteroatoms. The van der Waals surface area contributed by atoms with Crippen LogP contribution in [-0.2, 0) is 37.9 Å². The zero-order chi connectivity index (χ0) is 80.6. The molecule has 8 aliphatic rings. The number of rotatable bonds is 0. The van der Waals surface area contributed by atoms with E-state index in [1.807, 2.05) is 111 Å². The first-order valence-corrected chi connectivity index (χ1v) is 36.4. The monoisotopic (exact) mass is 1420 g/mol. The Morgan fingerprint density at radius 2 is 0.450 bits per heavy atom. The van der Waals surface area contributed by atoms with E-state index in [1.165, 1.54) is 83.8 Å². The number of nitrogens with zero attached hydrogens (tertiary/aromatic N) is 8. The van der Waals surface area contributed by atoms with E-state index in [1.54, 1.807) is 39.2 Å². The molecule has 0 saturated carbocycles. The van der Waals surface area contributed by atoms with Crippen LogP contribution < -0.4 is 0 Å². The first-order chi connectivity index (χ1) is 48.2. The summed E-state index contributed by atoms with van der Waals surface area (Å²) < 4.78 is 36.1. The largest absolute Gasteiger partial charge is 0.453 e. The van der Waals surface area contributed by atoms with Crippen LogP contribution in [0.3, 0.4) is 0 Å². The molecule has 8 rings (SSSR count). The quantitative estimate of drug-likeness (QED) is 0.162. The van der Waals surface area contributed by atoms with Gasteiger partial charge in [-0.2, -0.15) is 0 Å². The molecule has 0 N–H and O–H groups in total. The van der Waals surface area contributed by atoms with E-state index in [2.05, 4.69) is 61.4 Å².